The average molecular weight is 257 g/mol. The van der Waals surface area contributed by atoms with Gasteiger partial charge in [-0.3, -0.25) is 4.79 Å². The van der Waals surface area contributed by atoms with Gasteiger partial charge in [0.25, 0.3) is 0 Å². The van der Waals surface area contributed by atoms with Crippen molar-refractivity contribution in [2.45, 2.75) is 25.0 Å². The molecule has 0 aromatic carbocycles. The predicted molar refractivity (Wildman–Crippen MR) is 64.3 cm³/mol. The van der Waals surface area contributed by atoms with Gasteiger partial charge in [-0.05, 0) is 26.0 Å². The molecule has 1 aromatic rings. The van der Waals surface area contributed by atoms with E-state index in [-0.39, 0.29) is 23.5 Å². The van der Waals surface area contributed by atoms with E-state index in [0.29, 0.717) is 5.09 Å². The maximum absolute atomic E-state index is 11.6. The molecule has 1 aromatic heterocycles. The van der Waals surface area contributed by atoms with Crippen LogP contribution in [0.25, 0.3) is 0 Å². The first-order valence-electron chi connectivity index (χ1n) is 5.13. The van der Waals surface area contributed by atoms with Gasteiger partial charge in [0.1, 0.15) is 0 Å². The van der Waals surface area contributed by atoms with Gasteiger partial charge in [0.2, 0.25) is 11.7 Å². The Morgan fingerprint density at radius 3 is 2.59 bits per heavy atom. The van der Waals surface area contributed by atoms with Crippen molar-refractivity contribution >= 4 is 23.6 Å². The Balaban J connectivity index is 2.50. The number of amides is 1. The number of hydrogen-bond acceptors (Lipinski definition) is 4. The van der Waals surface area contributed by atoms with E-state index in [1.165, 1.54) is 17.8 Å². The topological polar surface area (TPSA) is 70.8 Å². The summed E-state index contributed by atoms with van der Waals surface area (Å²) in [7, 11) is 1.73. The van der Waals surface area contributed by atoms with Crippen LogP contribution in [-0.2, 0) is 4.79 Å². The van der Waals surface area contributed by atoms with Gasteiger partial charge in [0, 0.05) is 13.1 Å². The summed E-state index contributed by atoms with van der Waals surface area (Å²) in [5, 5.41) is 9.10. The van der Waals surface area contributed by atoms with Crippen molar-refractivity contribution in [3.05, 3.63) is 17.9 Å². The lowest BCUT2D eigenvalue weighted by Gasteiger charge is -2.20. The molecule has 1 amide bonds. The van der Waals surface area contributed by atoms with E-state index in [1.54, 1.807) is 18.0 Å². The summed E-state index contributed by atoms with van der Waals surface area (Å²) in [6.45, 7) is 3.86. The third-order valence-corrected chi connectivity index (χ3v) is 3.19. The highest BCUT2D eigenvalue weighted by molar-refractivity contribution is 7.99. The van der Waals surface area contributed by atoms with Crippen LogP contribution in [0.5, 0.6) is 0 Å². The normalized spacial score (nSPS) is 10.6. The molecule has 1 N–H and O–H groups in total. The highest BCUT2D eigenvalue weighted by atomic mass is 32.2. The molecule has 0 atom stereocenters. The number of carbonyl (C=O) groups is 2. The molecule has 94 valence electrons. The molecule has 1 heterocycles. The summed E-state index contributed by atoms with van der Waals surface area (Å²) in [4.78, 5) is 23.9. The Kier molecular flexibility index (Phi) is 4.62. The molecular weight excluding hydrogens is 242 g/mol. The van der Waals surface area contributed by atoms with E-state index < -0.39 is 5.97 Å². The number of hydrogen-bond donors (Lipinski definition) is 1. The number of carboxylic acids is 1. The van der Waals surface area contributed by atoms with Crippen molar-refractivity contribution < 1.29 is 19.1 Å². The zero-order valence-corrected chi connectivity index (χ0v) is 10.8. The van der Waals surface area contributed by atoms with Crippen molar-refractivity contribution in [2.75, 3.05) is 12.8 Å². The van der Waals surface area contributed by atoms with Crippen LogP contribution in [-0.4, -0.2) is 40.7 Å². The lowest BCUT2D eigenvalue weighted by molar-refractivity contribution is -0.128. The van der Waals surface area contributed by atoms with Crippen LogP contribution in [0, 0.1) is 0 Å². The molecule has 1 rings (SSSR count). The van der Waals surface area contributed by atoms with Crippen molar-refractivity contribution in [1.29, 1.82) is 0 Å². The number of carboxylic acid groups (broad SMARTS) is 1. The second kappa shape index (κ2) is 5.77. The molecule has 0 radical (unpaired) electrons. The van der Waals surface area contributed by atoms with Crippen molar-refractivity contribution in [3.63, 3.8) is 0 Å². The molecule has 17 heavy (non-hydrogen) atoms. The second-order valence-electron chi connectivity index (χ2n) is 3.81. The molecule has 0 aliphatic carbocycles. The van der Waals surface area contributed by atoms with Gasteiger partial charge < -0.3 is 14.4 Å². The van der Waals surface area contributed by atoms with Crippen molar-refractivity contribution in [2.24, 2.45) is 0 Å². The third-order valence-electron chi connectivity index (χ3n) is 2.30. The maximum atomic E-state index is 11.6. The maximum Gasteiger partial charge on any atom is 0.371 e. The molecule has 0 bridgehead atoms. The molecule has 0 spiro atoms. The Morgan fingerprint density at radius 2 is 2.12 bits per heavy atom. The Morgan fingerprint density at radius 1 is 1.47 bits per heavy atom. The monoisotopic (exact) mass is 257 g/mol. The molecule has 6 heteroatoms. The Labute approximate surface area is 104 Å². The number of furan rings is 1. The number of aromatic carboxylic acids is 1. The van der Waals surface area contributed by atoms with Gasteiger partial charge in [-0.1, -0.05) is 11.8 Å². The molecular formula is C11H15NO4S. The van der Waals surface area contributed by atoms with E-state index in [9.17, 15) is 9.59 Å². The van der Waals surface area contributed by atoms with Crippen LogP contribution >= 0.6 is 11.8 Å². The van der Waals surface area contributed by atoms with E-state index in [2.05, 4.69) is 0 Å². The summed E-state index contributed by atoms with van der Waals surface area (Å²) >= 11 is 1.19. The van der Waals surface area contributed by atoms with E-state index in [1.807, 2.05) is 13.8 Å². The van der Waals surface area contributed by atoms with Crippen LogP contribution < -0.4 is 0 Å². The predicted octanol–water partition coefficient (Wildman–Crippen LogP) is 1.94. The minimum atomic E-state index is -1.11. The lowest BCUT2D eigenvalue weighted by atomic mass is 10.3. The summed E-state index contributed by atoms with van der Waals surface area (Å²) in [5.74, 6) is -1.00. The zero-order valence-electron chi connectivity index (χ0n) is 9.97. The molecule has 0 aliphatic rings. The van der Waals surface area contributed by atoms with Crippen LogP contribution in [0.1, 0.15) is 24.4 Å². The molecule has 0 aliphatic heterocycles. The first kappa shape index (κ1) is 13.6. The van der Waals surface area contributed by atoms with Gasteiger partial charge in [0.05, 0.1) is 5.75 Å². The quantitative estimate of drug-likeness (QED) is 0.816. The zero-order chi connectivity index (χ0) is 13.0. The number of carbonyl (C=O) groups excluding carboxylic acids is 1. The fourth-order valence-corrected chi connectivity index (χ4v) is 1.82. The summed E-state index contributed by atoms with van der Waals surface area (Å²) < 4.78 is 5.03. The standard InChI is InChI=1S/C11H15NO4S/c1-7(2)12(3)9(13)6-17-10-5-4-8(16-10)11(14)15/h4-5,7H,6H2,1-3H3,(H,14,15). The second-order valence-corrected chi connectivity index (χ2v) is 4.79. The van der Waals surface area contributed by atoms with E-state index in [0.717, 1.165) is 0 Å². The first-order chi connectivity index (χ1) is 7.91. The smallest absolute Gasteiger partial charge is 0.371 e. The van der Waals surface area contributed by atoms with Crippen LogP contribution in [0.15, 0.2) is 21.6 Å². The highest BCUT2D eigenvalue weighted by Crippen LogP contribution is 2.21. The van der Waals surface area contributed by atoms with Gasteiger partial charge in [-0.25, -0.2) is 4.79 Å². The van der Waals surface area contributed by atoms with E-state index in [4.69, 9.17) is 9.52 Å². The van der Waals surface area contributed by atoms with Gasteiger partial charge in [-0.2, -0.15) is 0 Å². The van der Waals surface area contributed by atoms with Crippen molar-refractivity contribution in [3.8, 4) is 0 Å². The Hall–Kier alpha value is -1.43. The highest BCUT2D eigenvalue weighted by Gasteiger charge is 2.14. The molecule has 0 saturated heterocycles. The van der Waals surface area contributed by atoms with Gasteiger partial charge >= 0.3 is 5.97 Å². The molecule has 5 nitrogen and oxygen atoms in total. The van der Waals surface area contributed by atoms with Crippen molar-refractivity contribution in [1.82, 2.24) is 4.90 Å². The minimum absolute atomic E-state index is 0.0155. The molecule has 0 fully saturated rings. The van der Waals surface area contributed by atoms with Gasteiger partial charge in [-0.15, -0.1) is 0 Å². The Bertz CT molecular complexity index is 413. The van der Waals surface area contributed by atoms with Gasteiger partial charge in [0.15, 0.2) is 5.09 Å². The number of rotatable bonds is 5. The third kappa shape index (κ3) is 3.81. The van der Waals surface area contributed by atoms with Crippen LogP contribution in [0.3, 0.4) is 0 Å². The summed E-state index contributed by atoms with van der Waals surface area (Å²) in [6, 6.07) is 3.08. The fourth-order valence-electron chi connectivity index (χ4n) is 1.04. The SMILES string of the molecule is CC(C)N(C)C(=O)CSc1ccc(C(=O)O)o1. The van der Waals surface area contributed by atoms with Crippen LogP contribution in [0.4, 0.5) is 0 Å². The lowest BCUT2D eigenvalue weighted by Crippen LogP contribution is -2.34. The van der Waals surface area contributed by atoms with E-state index >= 15 is 0 Å². The molecule has 0 saturated carbocycles. The fraction of sp³-hybridized carbons (Fsp3) is 0.455. The largest absolute Gasteiger partial charge is 0.475 e. The minimum Gasteiger partial charge on any atom is -0.475 e. The first-order valence-corrected chi connectivity index (χ1v) is 6.12. The summed E-state index contributed by atoms with van der Waals surface area (Å²) in [6.07, 6.45) is 0. The number of thioether (sulfide) groups is 1. The number of nitrogens with zero attached hydrogens (tertiary/aromatic N) is 1. The van der Waals surface area contributed by atoms with Crippen LogP contribution in [0.2, 0.25) is 0 Å². The molecule has 0 unspecified atom stereocenters. The summed E-state index contributed by atoms with van der Waals surface area (Å²) in [5.41, 5.74) is 0. The average Bonchev–Trinajstić information content (AvgIpc) is 2.73.